The van der Waals surface area contributed by atoms with Crippen LogP contribution >= 0.6 is 11.3 Å². The third-order valence-corrected chi connectivity index (χ3v) is 4.47. The summed E-state index contributed by atoms with van der Waals surface area (Å²) in [5.41, 5.74) is 6.46. The minimum atomic E-state index is 0.163. The molecule has 1 aromatic rings. The normalized spacial score (nSPS) is 15.6. The van der Waals surface area contributed by atoms with E-state index < -0.39 is 0 Å². The molecule has 0 saturated carbocycles. The first-order valence-corrected chi connectivity index (χ1v) is 7.62. The molecule has 0 radical (unpaired) electrons. The Balaban J connectivity index is 2.14. The van der Waals surface area contributed by atoms with Gasteiger partial charge in [0.1, 0.15) is 0 Å². The Labute approximate surface area is 118 Å². The van der Waals surface area contributed by atoms with Crippen LogP contribution in [-0.4, -0.2) is 30.4 Å². The molecule has 2 N–H and O–H groups in total. The molecule has 0 aromatic carbocycles. The quantitative estimate of drug-likeness (QED) is 0.801. The summed E-state index contributed by atoms with van der Waals surface area (Å²) in [5.74, 6) is 6.05. The summed E-state index contributed by atoms with van der Waals surface area (Å²) in [6.45, 7) is 4.13. The van der Waals surface area contributed by atoms with E-state index in [2.05, 4.69) is 11.8 Å². The lowest BCUT2D eigenvalue weighted by molar-refractivity contribution is 0.0766. The highest BCUT2D eigenvalue weighted by molar-refractivity contribution is 7.14. The maximum atomic E-state index is 12.5. The van der Waals surface area contributed by atoms with E-state index in [1.165, 1.54) is 24.2 Å². The van der Waals surface area contributed by atoms with Crippen LogP contribution < -0.4 is 5.73 Å². The number of nitrogens with zero attached hydrogens (tertiary/aromatic N) is 1. The van der Waals surface area contributed by atoms with Crippen molar-refractivity contribution in [2.24, 2.45) is 5.73 Å². The van der Waals surface area contributed by atoms with Gasteiger partial charge in [-0.3, -0.25) is 4.79 Å². The Morgan fingerprint density at radius 3 is 2.68 bits per heavy atom. The molecule has 3 nitrogen and oxygen atoms in total. The monoisotopic (exact) mass is 276 g/mol. The number of thiophene rings is 1. The second-order valence-electron chi connectivity index (χ2n) is 4.84. The maximum absolute atomic E-state index is 12.5. The van der Waals surface area contributed by atoms with Gasteiger partial charge in [-0.05, 0) is 31.4 Å². The summed E-state index contributed by atoms with van der Waals surface area (Å²) in [4.78, 5) is 16.2. The highest BCUT2D eigenvalue weighted by Crippen LogP contribution is 2.23. The van der Waals surface area contributed by atoms with Crippen molar-refractivity contribution in [3.8, 4) is 11.8 Å². The SMILES string of the molecule is Cc1cc(C(=O)N2CCCCCC2)sc1C#CCN. The van der Waals surface area contributed by atoms with Gasteiger partial charge < -0.3 is 10.6 Å². The van der Waals surface area contributed by atoms with Gasteiger partial charge in [-0.15, -0.1) is 11.3 Å². The van der Waals surface area contributed by atoms with E-state index in [1.807, 2.05) is 17.9 Å². The van der Waals surface area contributed by atoms with Crippen molar-refractivity contribution in [2.45, 2.75) is 32.6 Å². The lowest BCUT2D eigenvalue weighted by atomic mass is 10.2. The van der Waals surface area contributed by atoms with Crippen molar-refractivity contribution in [2.75, 3.05) is 19.6 Å². The summed E-state index contributed by atoms with van der Waals surface area (Å²) in [7, 11) is 0. The van der Waals surface area contributed by atoms with Crippen molar-refractivity contribution < 1.29 is 4.79 Å². The summed E-state index contributed by atoms with van der Waals surface area (Å²) in [6.07, 6.45) is 4.72. The number of aryl methyl sites for hydroxylation is 1. The van der Waals surface area contributed by atoms with Crippen LogP contribution in [0.3, 0.4) is 0 Å². The van der Waals surface area contributed by atoms with Crippen molar-refractivity contribution >= 4 is 17.2 Å². The highest BCUT2D eigenvalue weighted by atomic mass is 32.1. The molecule has 1 aromatic heterocycles. The first kappa shape index (κ1) is 14.1. The van der Waals surface area contributed by atoms with E-state index in [0.717, 1.165) is 41.2 Å². The van der Waals surface area contributed by atoms with E-state index in [0.29, 0.717) is 6.54 Å². The topological polar surface area (TPSA) is 46.3 Å². The maximum Gasteiger partial charge on any atom is 0.263 e. The number of hydrogen-bond donors (Lipinski definition) is 1. The first-order chi connectivity index (χ1) is 9.22. The van der Waals surface area contributed by atoms with Gasteiger partial charge in [0, 0.05) is 13.1 Å². The molecule has 2 heterocycles. The highest BCUT2D eigenvalue weighted by Gasteiger charge is 2.19. The Hall–Kier alpha value is -1.31. The van der Waals surface area contributed by atoms with Gasteiger partial charge in [0.25, 0.3) is 5.91 Å². The van der Waals surface area contributed by atoms with Gasteiger partial charge in [0.2, 0.25) is 0 Å². The van der Waals surface area contributed by atoms with Crippen LogP contribution in [-0.2, 0) is 0 Å². The van der Waals surface area contributed by atoms with E-state index in [9.17, 15) is 4.79 Å². The molecule has 102 valence electrons. The van der Waals surface area contributed by atoms with Gasteiger partial charge in [-0.1, -0.05) is 24.7 Å². The summed E-state index contributed by atoms with van der Waals surface area (Å²) >= 11 is 1.49. The zero-order valence-electron chi connectivity index (χ0n) is 11.4. The minimum Gasteiger partial charge on any atom is -0.338 e. The number of carbonyl (C=O) groups excluding carboxylic acids is 1. The molecular weight excluding hydrogens is 256 g/mol. The van der Waals surface area contributed by atoms with E-state index in [1.54, 1.807) is 0 Å². The Kier molecular flexibility index (Phi) is 5.00. The van der Waals surface area contributed by atoms with Crippen LogP contribution in [0, 0.1) is 18.8 Å². The number of hydrogen-bond acceptors (Lipinski definition) is 3. The molecule has 0 spiro atoms. The molecule has 0 bridgehead atoms. The van der Waals surface area contributed by atoms with Gasteiger partial charge >= 0.3 is 0 Å². The molecule has 2 rings (SSSR count). The third-order valence-electron chi connectivity index (χ3n) is 3.33. The number of carbonyl (C=O) groups is 1. The first-order valence-electron chi connectivity index (χ1n) is 6.81. The standard InChI is InChI=1S/C15H20N2OS/c1-12-11-14(19-13(12)7-6-8-16)15(18)17-9-4-2-3-5-10-17/h11H,2-5,8-10,16H2,1H3. The van der Waals surface area contributed by atoms with Crippen molar-refractivity contribution in [3.63, 3.8) is 0 Å². The largest absolute Gasteiger partial charge is 0.338 e. The smallest absolute Gasteiger partial charge is 0.263 e. The second kappa shape index (κ2) is 6.74. The second-order valence-corrected chi connectivity index (χ2v) is 5.89. The van der Waals surface area contributed by atoms with E-state index in [4.69, 9.17) is 5.73 Å². The minimum absolute atomic E-state index is 0.163. The molecule has 4 heteroatoms. The van der Waals surface area contributed by atoms with Gasteiger partial charge in [0.05, 0.1) is 16.3 Å². The summed E-state index contributed by atoms with van der Waals surface area (Å²) in [6, 6.07) is 1.96. The predicted octanol–water partition coefficient (Wildman–Crippen LogP) is 2.38. The van der Waals surface area contributed by atoms with Crippen LogP contribution in [0.4, 0.5) is 0 Å². The fraction of sp³-hybridized carbons (Fsp3) is 0.533. The number of rotatable bonds is 1. The molecule has 1 aliphatic heterocycles. The molecule has 0 atom stereocenters. The Bertz CT molecular complexity index is 502. The molecule has 19 heavy (non-hydrogen) atoms. The van der Waals surface area contributed by atoms with Gasteiger partial charge in [-0.25, -0.2) is 0 Å². The van der Waals surface area contributed by atoms with Crippen LogP contribution in [0.2, 0.25) is 0 Å². The van der Waals surface area contributed by atoms with Crippen LogP contribution in [0.1, 0.15) is 45.8 Å². The number of nitrogens with two attached hydrogens (primary N) is 1. The van der Waals surface area contributed by atoms with Crippen molar-refractivity contribution in [1.82, 2.24) is 4.90 Å². The van der Waals surface area contributed by atoms with Gasteiger partial charge in [-0.2, -0.15) is 0 Å². The lowest BCUT2D eigenvalue weighted by Crippen LogP contribution is -2.31. The molecule has 1 fully saturated rings. The molecule has 1 aliphatic rings. The molecular formula is C15H20N2OS. The third kappa shape index (κ3) is 3.59. The van der Waals surface area contributed by atoms with Crippen LogP contribution in [0.15, 0.2) is 6.07 Å². The Morgan fingerprint density at radius 2 is 2.05 bits per heavy atom. The fourth-order valence-corrected chi connectivity index (χ4v) is 3.29. The molecule has 0 unspecified atom stereocenters. The van der Waals surface area contributed by atoms with Crippen molar-refractivity contribution in [1.29, 1.82) is 0 Å². The van der Waals surface area contributed by atoms with Crippen LogP contribution in [0.25, 0.3) is 0 Å². The summed E-state index contributed by atoms with van der Waals surface area (Å²) in [5, 5.41) is 0. The van der Waals surface area contributed by atoms with Crippen LogP contribution in [0.5, 0.6) is 0 Å². The lowest BCUT2D eigenvalue weighted by Gasteiger charge is -2.19. The molecule has 1 saturated heterocycles. The number of amides is 1. The zero-order valence-corrected chi connectivity index (χ0v) is 12.2. The fourth-order valence-electron chi connectivity index (χ4n) is 2.27. The molecule has 0 aliphatic carbocycles. The van der Waals surface area contributed by atoms with Gasteiger partial charge in [0.15, 0.2) is 0 Å². The average Bonchev–Trinajstić information content (AvgIpc) is 2.64. The summed E-state index contributed by atoms with van der Waals surface area (Å²) < 4.78 is 0. The average molecular weight is 276 g/mol. The van der Waals surface area contributed by atoms with E-state index >= 15 is 0 Å². The zero-order chi connectivity index (χ0) is 13.7. The molecule has 1 amide bonds. The Morgan fingerprint density at radius 1 is 1.37 bits per heavy atom. The van der Waals surface area contributed by atoms with E-state index in [-0.39, 0.29) is 5.91 Å². The predicted molar refractivity (Wildman–Crippen MR) is 79.4 cm³/mol. The number of likely N-dealkylation sites (tertiary alicyclic amines) is 1. The van der Waals surface area contributed by atoms with Crippen molar-refractivity contribution in [3.05, 3.63) is 21.4 Å².